The summed E-state index contributed by atoms with van der Waals surface area (Å²) in [6, 6.07) is 146. The van der Waals surface area contributed by atoms with Crippen LogP contribution in [-0.4, -0.2) is 29.8 Å². The van der Waals surface area contributed by atoms with Crippen molar-refractivity contribution >= 4 is 103 Å². The molecule has 8 heteroatoms. The fourth-order valence-electron chi connectivity index (χ4n) is 17.9. The zero-order chi connectivity index (χ0) is 78.8. The number of benzene rings is 17. The van der Waals surface area contributed by atoms with Gasteiger partial charge in [0.1, 0.15) is 14.0 Å². The topological polar surface area (TPSA) is 40.2 Å². The second-order valence-corrected chi connectivity index (χ2v) is 34.6. The van der Waals surface area contributed by atoms with Crippen molar-refractivity contribution in [2.75, 3.05) is 22.9 Å². The molecular weight excluding hydrogens is 1440 g/mol. The summed E-state index contributed by atoms with van der Waals surface area (Å²) in [5.74, 6) is 0. The molecule has 1 unspecified atom stereocenters. The van der Waals surface area contributed by atoms with E-state index in [0.29, 0.717) is 0 Å². The van der Waals surface area contributed by atoms with E-state index < -0.39 is 13.3 Å². The first kappa shape index (κ1) is 74.8. The molecule has 2 radical (unpaired) electrons. The molecule has 1 N–H and O–H groups in total. The van der Waals surface area contributed by atoms with Gasteiger partial charge in [-0.2, -0.15) is 0 Å². The molecule has 0 aliphatic heterocycles. The predicted octanol–water partition coefficient (Wildman–Crippen LogP) is 31.0. The number of nitrogens with zero attached hydrogens (tertiary/aromatic N) is 4. The summed E-state index contributed by atoms with van der Waals surface area (Å²) in [7, 11) is 4.94. The highest BCUT2D eigenvalue weighted by atomic mass is 31.2. The van der Waals surface area contributed by atoms with Crippen molar-refractivity contribution in [1.82, 2.24) is 9.13 Å². The molecule has 21 rings (SSSR count). The van der Waals surface area contributed by atoms with Crippen LogP contribution in [0.1, 0.15) is 57.4 Å². The second-order valence-electron chi connectivity index (χ2n) is 31.8. The minimum atomic E-state index is -2.31. The Morgan fingerprint density at radius 1 is 0.282 bits per heavy atom. The van der Waals surface area contributed by atoms with Crippen LogP contribution in [-0.2, 0) is 10.8 Å². The van der Waals surface area contributed by atoms with Gasteiger partial charge in [0.15, 0.2) is 0 Å². The summed E-state index contributed by atoms with van der Waals surface area (Å²) in [4.78, 5) is 4.81. The first-order chi connectivity index (χ1) is 56.6. The predicted molar refractivity (Wildman–Crippen MR) is 499 cm³/mol. The van der Waals surface area contributed by atoms with Crippen LogP contribution in [0.5, 0.6) is 0 Å². The lowest BCUT2D eigenvalue weighted by Crippen LogP contribution is -2.16. The lowest BCUT2D eigenvalue weighted by Gasteiger charge is -2.28. The lowest BCUT2D eigenvalue weighted by atomic mass is 9.82. The van der Waals surface area contributed by atoms with Crippen LogP contribution in [0.2, 0.25) is 0 Å². The van der Waals surface area contributed by atoms with Crippen LogP contribution in [0.25, 0.3) is 133 Å². The summed E-state index contributed by atoms with van der Waals surface area (Å²) in [5, 5.41) is 14.2. The molecule has 0 amide bonds. The minimum Gasteiger partial charge on any atom is -0.327 e. The van der Waals surface area contributed by atoms with Crippen molar-refractivity contribution in [2.45, 2.75) is 46.0 Å². The van der Waals surface area contributed by atoms with Gasteiger partial charge in [-0.1, -0.05) is 302 Å². The highest BCUT2D eigenvalue weighted by Gasteiger charge is 2.38. The lowest BCUT2D eigenvalue weighted by molar-refractivity contribution is 0.599. The van der Waals surface area contributed by atoms with E-state index in [2.05, 4.69) is 447 Å². The Morgan fingerprint density at radius 2 is 0.581 bits per heavy atom. The van der Waals surface area contributed by atoms with Crippen LogP contribution in [0.4, 0.5) is 38.5 Å². The number of hydrogen-bond donors (Lipinski definition) is 1. The minimum absolute atomic E-state index is 0. The molecule has 0 fully saturated rings. The van der Waals surface area contributed by atoms with E-state index in [4.69, 9.17) is 12.7 Å². The summed E-state index contributed by atoms with van der Waals surface area (Å²) in [6.07, 6.45) is -0.674. The van der Waals surface area contributed by atoms with E-state index in [9.17, 15) is 4.39 Å². The molecule has 0 saturated carbocycles. The zero-order valence-electron chi connectivity index (χ0n) is 65.5. The number of nitrogens with one attached hydrogen (secondary N) is 1. The van der Waals surface area contributed by atoms with Crippen LogP contribution in [0.15, 0.2) is 400 Å². The largest absolute Gasteiger partial charge is 0.327 e. The molecular formula is C109H88BFN5P. The molecule has 2 aliphatic rings. The van der Waals surface area contributed by atoms with E-state index >= 15 is 0 Å². The van der Waals surface area contributed by atoms with Gasteiger partial charge in [0.25, 0.3) is 0 Å². The molecule has 0 saturated heterocycles. The number of hydrogen-bond acceptors (Lipinski definition) is 3. The molecule has 17 aromatic carbocycles. The Balaban J connectivity index is 0.000000150. The Kier molecular flexibility index (Phi) is 19.6. The maximum Gasteiger partial charge on any atom is 0.137 e. The Labute approximate surface area is 686 Å². The first-order valence-electron chi connectivity index (χ1n) is 39.8. The third kappa shape index (κ3) is 13.7. The number of anilines is 6. The van der Waals surface area contributed by atoms with Crippen LogP contribution >= 0.6 is 6.93 Å². The number of alkyl halides is 1. The van der Waals surface area contributed by atoms with Crippen LogP contribution in [0, 0.1) is 5.16 Å². The summed E-state index contributed by atoms with van der Waals surface area (Å²) in [6.45, 7) is 8.52. The number of fused-ring (bicyclic) bond motifs is 13. The average Bonchev–Trinajstić information content (AvgIpc) is 1.67. The van der Waals surface area contributed by atoms with Crippen molar-refractivity contribution in [1.29, 1.82) is 5.16 Å². The van der Waals surface area contributed by atoms with Crippen molar-refractivity contribution in [2.24, 2.45) is 0 Å². The first-order valence-corrected chi connectivity index (χ1v) is 42.3. The molecule has 564 valence electrons. The molecule has 2 aromatic heterocycles. The van der Waals surface area contributed by atoms with Gasteiger partial charge >= 0.3 is 0 Å². The van der Waals surface area contributed by atoms with E-state index in [1.54, 1.807) is 0 Å². The highest BCUT2D eigenvalue weighted by Crippen LogP contribution is 2.53. The summed E-state index contributed by atoms with van der Waals surface area (Å²) in [5.41, 5.74) is 34.3. The van der Waals surface area contributed by atoms with Gasteiger partial charge < -0.3 is 24.1 Å². The second kappa shape index (κ2) is 30.6. The van der Waals surface area contributed by atoms with Crippen LogP contribution in [0.3, 0.4) is 0 Å². The van der Waals surface area contributed by atoms with Crippen molar-refractivity contribution in [3.05, 3.63) is 423 Å². The standard InChI is InChI=1S/C55H40N2.C51H38N2.C2H6BFNP.CH4/c1-55(2)51-21-10-8-18-47(51)48-33-32-44(36-52(48)55)56(43-30-25-39(26-31-43)46-20-12-14-38-13-6-7-17-45(38)46)42-28-23-37(24-29-42)40-27-34-54-50(35-40)49-19-9-11-22-53(49)57(54)41-15-4-3-5-16-41;1-51(2)47-19-11-9-17-43(47)44-31-30-42(34-48(44)51)52(40-26-21-36(22-27-40)35-13-5-3-6-14-35)41-28-23-37(24-29-41)38-25-32-50-46(33-38)45-18-10-12-20-49(45)53(50)39-15-7-4-8-16-39;1-6(3,5)2-4;/h3-36H,1-2H3;3-34H,1-2H3;5H,2H2,1H3;1H4. The van der Waals surface area contributed by atoms with Crippen molar-refractivity contribution in [3.8, 4) is 78.1 Å². The van der Waals surface area contributed by atoms with E-state index in [1.807, 2.05) is 0 Å². The number of rotatable bonds is 13. The van der Waals surface area contributed by atoms with Gasteiger partial charge in [0.2, 0.25) is 0 Å². The molecule has 2 heterocycles. The molecule has 117 heavy (non-hydrogen) atoms. The van der Waals surface area contributed by atoms with E-state index in [-0.39, 0.29) is 18.3 Å². The maximum absolute atomic E-state index is 11.2. The number of halogens is 1. The van der Waals surface area contributed by atoms with E-state index in [0.717, 1.165) is 34.1 Å². The van der Waals surface area contributed by atoms with Gasteiger partial charge in [0, 0.05) is 77.9 Å². The molecule has 19 aromatic rings. The summed E-state index contributed by atoms with van der Waals surface area (Å²) >= 11 is 0. The van der Waals surface area contributed by atoms with Gasteiger partial charge in [-0.05, 0) is 247 Å². The third-order valence-electron chi connectivity index (χ3n) is 23.6. The Hall–Kier alpha value is -13.6. The van der Waals surface area contributed by atoms with E-state index in [1.165, 1.54) is 161 Å². The smallest absolute Gasteiger partial charge is 0.137 e. The fraction of sp³-hybridized carbons (Fsp3) is 0.0826. The van der Waals surface area contributed by atoms with Gasteiger partial charge in [-0.3, -0.25) is 0 Å². The maximum atomic E-state index is 11.2. The Bertz CT molecular complexity index is 6960. The molecule has 0 spiro atoms. The van der Waals surface area contributed by atoms with Crippen LogP contribution < -0.4 is 9.80 Å². The summed E-state index contributed by atoms with van der Waals surface area (Å²) < 4.78 is 16.0. The molecule has 0 bridgehead atoms. The SMILES string of the molecule is C.CC1(C)c2ccccc2-c2ccc(N(c3ccc(-c4ccc5c(c4)c4ccccc4n5-c4ccccc4)cc3)c3ccc(-c4cccc5ccccc45)cc3)cc21.CC1(C)c2ccccc2-c2ccc(N(c3ccc(-c4ccccc4)cc3)c3ccc(-c4ccc5c(c4)c4ccccc4n5-c4ccccc4)cc3)cc21.[B]P(C)(=N)CF. The highest BCUT2D eigenvalue weighted by molar-refractivity contribution is 7.87. The van der Waals surface area contributed by atoms with Crippen molar-refractivity contribution < 1.29 is 4.39 Å². The molecule has 5 nitrogen and oxygen atoms in total. The fourth-order valence-corrected chi connectivity index (χ4v) is 17.9. The molecule has 2 aliphatic carbocycles. The molecule has 1 atom stereocenters. The monoisotopic (exact) mass is 1530 g/mol. The average molecular weight is 1530 g/mol. The number of para-hydroxylation sites is 4. The Morgan fingerprint density at radius 3 is 1.01 bits per heavy atom. The third-order valence-corrected chi connectivity index (χ3v) is 24.1. The number of aromatic nitrogens is 2. The zero-order valence-corrected chi connectivity index (χ0v) is 66.4. The van der Waals surface area contributed by atoms with Gasteiger partial charge in [-0.15, -0.1) is 0 Å². The normalized spacial score (nSPS) is 13.1. The van der Waals surface area contributed by atoms with Gasteiger partial charge in [-0.25, -0.2) is 4.39 Å². The quantitative estimate of drug-likeness (QED) is 0.0923. The van der Waals surface area contributed by atoms with Crippen molar-refractivity contribution in [3.63, 3.8) is 0 Å². The van der Waals surface area contributed by atoms with Gasteiger partial charge in [0.05, 0.1) is 22.1 Å².